The van der Waals surface area contributed by atoms with Crippen LogP contribution < -0.4 is 11.1 Å². The van der Waals surface area contributed by atoms with Gasteiger partial charge in [0, 0.05) is 36.1 Å². The zero-order valence-electron chi connectivity index (χ0n) is 17.4. The molecule has 1 aliphatic heterocycles. The maximum absolute atomic E-state index is 12.8. The van der Waals surface area contributed by atoms with E-state index in [0.717, 1.165) is 16.5 Å². The van der Waals surface area contributed by atoms with E-state index in [2.05, 4.69) is 10.3 Å². The number of fused-ring (bicyclic) bond motifs is 1. The quantitative estimate of drug-likeness (QED) is 0.546. The number of aliphatic carboxylic acids is 1. The van der Waals surface area contributed by atoms with E-state index in [1.165, 1.54) is 0 Å². The Bertz CT molecular complexity index is 915. The number of carboxylic acids is 1. The van der Waals surface area contributed by atoms with Gasteiger partial charge in [0.2, 0.25) is 11.8 Å². The van der Waals surface area contributed by atoms with Gasteiger partial charge in [-0.3, -0.25) is 9.59 Å². The number of aromatic nitrogens is 1. The van der Waals surface area contributed by atoms with Crippen LogP contribution in [0.3, 0.4) is 0 Å². The molecule has 2 amide bonds. The van der Waals surface area contributed by atoms with Gasteiger partial charge < -0.3 is 26.0 Å². The second-order valence-corrected chi connectivity index (χ2v) is 8.34. The van der Waals surface area contributed by atoms with Crippen LogP contribution in [0.4, 0.5) is 0 Å². The summed E-state index contributed by atoms with van der Waals surface area (Å²) >= 11 is 0. The molecule has 5 N–H and O–H groups in total. The van der Waals surface area contributed by atoms with Crippen molar-refractivity contribution in [3.05, 3.63) is 36.0 Å². The van der Waals surface area contributed by atoms with Gasteiger partial charge in [-0.05, 0) is 36.8 Å². The lowest BCUT2D eigenvalue weighted by molar-refractivity contribution is -0.144. The van der Waals surface area contributed by atoms with Crippen molar-refractivity contribution in [2.45, 2.75) is 45.2 Å². The minimum atomic E-state index is -1.03. The van der Waals surface area contributed by atoms with Gasteiger partial charge in [-0.25, -0.2) is 4.79 Å². The molecular weight excluding hydrogens is 384 g/mol. The number of nitrogens with one attached hydrogen (secondary N) is 2. The standard InChI is InChI=1S/C22H30N4O4/c1-13(2)19(22(29)30)25-20(27)14-7-9-26(10-8-14)21(28)17(23)11-15-12-24-18-6-4-3-5-16(15)18/h3-6,12-14,17,19,24H,7-11,23H2,1-2H3,(H,25,27)(H,29,30). The molecule has 3 rings (SSSR count). The number of hydrogen-bond acceptors (Lipinski definition) is 4. The van der Waals surface area contributed by atoms with Gasteiger partial charge >= 0.3 is 5.97 Å². The molecule has 0 radical (unpaired) electrons. The molecule has 30 heavy (non-hydrogen) atoms. The molecule has 8 nitrogen and oxygen atoms in total. The minimum Gasteiger partial charge on any atom is -0.480 e. The summed E-state index contributed by atoms with van der Waals surface area (Å²) in [6.45, 7) is 4.40. The summed E-state index contributed by atoms with van der Waals surface area (Å²) in [7, 11) is 0. The third-order valence-electron chi connectivity index (χ3n) is 5.84. The molecule has 1 aromatic carbocycles. The van der Waals surface area contributed by atoms with Crippen LogP contribution in [0.5, 0.6) is 0 Å². The second-order valence-electron chi connectivity index (χ2n) is 8.34. The first kappa shape index (κ1) is 21.8. The molecule has 1 fully saturated rings. The van der Waals surface area contributed by atoms with E-state index in [1.54, 1.807) is 18.7 Å². The molecule has 2 unspecified atom stereocenters. The Labute approximate surface area is 175 Å². The lowest BCUT2D eigenvalue weighted by Crippen LogP contribution is -2.51. The first-order chi connectivity index (χ1) is 14.3. The number of rotatable bonds is 7. The van der Waals surface area contributed by atoms with Crippen LogP contribution in [-0.2, 0) is 20.8 Å². The molecule has 8 heteroatoms. The Balaban J connectivity index is 1.53. The zero-order valence-corrected chi connectivity index (χ0v) is 17.4. The van der Waals surface area contributed by atoms with Crippen molar-refractivity contribution >= 4 is 28.7 Å². The fourth-order valence-electron chi connectivity index (χ4n) is 4.01. The number of carbonyl (C=O) groups excluding carboxylic acids is 2. The Hall–Kier alpha value is -2.87. The van der Waals surface area contributed by atoms with E-state index in [0.29, 0.717) is 32.4 Å². The van der Waals surface area contributed by atoms with E-state index in [9.17, 15) is 19.5 Å². The van der Waals surface area contributed by atoms with Crippen molar-refractivity contribution in [3.8, 4) is 0 Å². The number of aromatic amines is 1. The molecular formula is C22H30N4O4. The SMILES string of the molecule is CC(C)C(NC(=O)C1CCN(C(=O)C(N)Cc2c[nH]c3ccccc23)CC1)C(=O)O. The zero-order chi connectivity index (χ0) is 21.8. The van der Waals surface area contributed by atoms with Gasteiger partial charge in [-0.15, -0.1) is 0 Å². The van der Waals surface area contributed by atoms with Crippen LogP contribution in [0.2, 0.25) is 0 Å². The summed E-state index contributed by atoms with van der Waals surface area (Å²) in [6, 6.07) is 6.35. The van der Waals surface area contributed by atoms with Gasteiger partial charge in [0.15, 0.2) is 0 Å². The van der Waals surface area contributed by atoms with Crippen LogP contribution in [-0.4, -0.2) is 57.9 Å². The highest BCUT2D eigenvalue weighted by molar-refractivity contribution is 5.87. The van der Waals surface area contributed by atoms with E-state index in [-0.39, 0.29) is 23.7 Å². The van der Waals surface area contributed by atoms with E-state index < -0.39 is 18.1 Å². The van der Waals surface area contributed by atoms with E-state index in [1.807, 2.05) is 30.5 Å². The molecule has 1 aliphatic rings. The van der Waals surface area contributed by atoms with Crippen LogP contribution >= 0.6 is 0 Å². The first-order valence-corrected chi connectivity index (χ1v) is 10.4. The fourth-order valence-corrected chi connectivity index (χ4v) is 4.01. The number of amides is 2. The normalized spacial score (nSPS) is 17.1. The molecule has 0 bridgehead atoms. The molecule has 0 aliphatic carbocycles. The van der Waals surface area contributed by atoms with Crippen molar-refractivity contribution in [1.82, 2.24) is 15.2 Å². The van der Waals surface area contributed by atoms with Crippen LogP contribution in [0.1, 0.15) is 32.3 Å². The predicted molar refractivity (Wildman–Crippen MR) is 114 cm³/mol. The summed E-state index contributed by atoms with van der Waals surface area (Å²) in [6.07, 6.45) is 3.34. The fraction of sp³-hybridized carbons (Fsp3) is 0.500. The third-order valence-corrected chi connectivity index (χ3v) is 5.84. The molecule has 1 saturated heterocycles. The Morgan fingerprint density at radius 2 is 1.90 bits per heavy atom. The van der Waals surface area contributed by atoms with Gasteiger partial charge in [0.05, 0.1) is 6.04 Å². The molecule has 0 saturated carbocycles. The van der Waals surface area contributed by atoms with Crippen molar-refractivity contribution in [3.63, 3.8) is 0 Å². The highest BCUT2D eigenvalue weighted by atomic mass is 16.4. The second kappa shape index (κ2) is 9.30. The number of carbonyl (C=O) groups is 3. The Morgan fingerprint density at radius 1 is 1.23 bits per heavy atom. The molecule has 162 valence electrons. The molecule has 1 aromatic heterocycles. The van der Waals surface area contributed by atoms with Gasteiger partial charge in [0.1, 0.15) is 6.04 Å². The highest BCUT2D eigenvalue weighted by Gasteiger charge is 2.32. The van der Waals surface area contributed by atoms with Crippen molar-refractivity contribution < 1.29 is 19.5 Å². The first-order valence-electron chi connectivity index (χ1n) is 10.4. The number of H-pyrrole nitrogens is 1. The van der Waals surface area contributed by atoms with E-state index in [4.69, 9.17) is 5.73 Å². The summed E-state index contributed by atoms with van der Waals surface area (Å²) in [5.41, 5.74) is 8.23. The van der Waals surface area contributed by atoms with Crippen molar-refractivity contribution in [2.75, 3.05) is 13.1 Å². The maximum atomic E-state index is 12.8. The minimum absolute atomic E-state index is 0.121. The van der Waals surface area contributed by atoms with Crippen LogP contribution in [0.25, 0.3) is 10.9 Å². The van der Waals surface area contributed by atoms with Gasteiger partial charge in [-0.2, -0.15) is 0 Å². The largest absolute Gasteiger partial charge is 0.480 e. The van der Waals surface area contributed by atoms with Gasteiger partial charge in [0.25, 0.3) is 0 Å². The summed E-state index contributed by atoms with van der Waals surface area (Å²) in [5, 5.41) is 12.9. The Kier molecular flexibility index (Phi) is 6.77. The average Bonchev–Trinajstić information content (AvgIpc) is 3.13. The van der Waals surface area contributed by atoms with Crippen molar-refractivity contribution in [1.29, 1.82) is 0 Å². The lowest BCUT2D eigenvalue weighted by atomic mass is 9.93. The number of carboxylic acid groups (broad SMARTS) is 1. The van der Waals surface area contributed by atoms with Crippen LogP contribution in [0, 0.1) is 11.8 Å². The number of hydrogen-bond donors (Lipinski definition) is 4. The number of nitrogens with two attached hydrogens (primary N) is 1. The molecule has 2 heterocycles. The summed E-state index contributed by atoms with van der Waals surface area (Å²) in [5.74, 6) is -1.90. The number of para-hydroxylation sites is 1. The molecule has 2 atom stereocenters. The van der Waals surface area contributed by atoms with Crippen LogP contribution in [0.15, 0.2) is 30.5 Å². The predicted octanol–water partition coefficient (Wildman–Crippen LogP) is 1.50. The third kappa shape index (κ3) is 4.81. The smallest absolute Gasteiger partial charge is 0.326 e. The van der Waals surface area contributed by atoms with E-state index >= 15 is 0 Å². The average molecular weight is 415 g/mol. The summed E-state index contributed by atoms with van der Waals surface area (Å²) in [4.78, 5) is 41.5. The topological polar surface area (TPSA) is 129 Å². The highest BCUT2D eigenvalue weighted by Crippen LogP contribution is 2.21. The summed E-state index contributed by atoms with van der Waals surface area (Å²) < 4.78 is 0. The molecule has 0 spiro atoms. The number of benzene rings is 1. The molecule has 2 aromatic rings. The number of likely N-dealkylation sites (tertiary alicyclic amines) is 1. The van der Waals surface area contributed by atoms with Gasteiger partial charge in [-0.1, -0.05) is 32.0 Å². The monoisotopic (exact) mass is 414 g/mol. The Morgan fingerprint density at radius 3 is 2.53 bits per heavy atom. The van der Waals surface area contributed by atoms with Crippen molar-refractivity contribution in [2.24, 2.45) is 17.6 Å². The lowest BCUT2D eigenvalue weighted by Gasteiger charge is -2.33. The number of nitrogens with zero attached hydrogens (tertiary/aromatic N) is 1. The maximum Gasteiger partial charge on any atom is 0.326 e. The number of piperidine rings is 1.